The fraction of sp³-hybridized carbons (Fsp3) is 0.296. The molecule has 0 aromatic heterocycles. The number of hydrogen-bond acceptors (Lipinski definition) is 9. The number of carbonyl (C=O) groups is 3. The van der Waals surface area contributed by atoms with E-state index in [2.05, 4.69) is 37.1 Å². The first-order valence-electron chi connectivity index (χ1n) is 12.4. The molecule has 3 rings (SSSR count). The predicted octanol–water partition coefficient (Wildman–Crippen LogP) is 3.20. The van der Waals surface area contributed by atoms with Crippen molar-refractivity contribution < 1.29 is 38.4 Å². The van der Waals surface area contributed by atoms with Gasteiger partial charge < -0.3 is 34.7 Å². The molecule has 0 radical (unpaired) electrons. The monoisotopic (exact) mass is 648 g/mol. The number of thiocarbonyl (C=S) groups is 1. The minimum Gasteiger partial charge on any atom is -0.490 e. The number of benzene rings is 2. The maximum Gasteiger partial charge on any atom is 0.341 e. The molecular weight excluding hydrogens is 620 g/mol. The predicted molar refractivity (Wildman–Crippen MR) is 157 cm³/mol. The van der Waals surface area contributed by atoms with E-state index >= 15 is 0 Å². The van der Waals surface area contributed by atoms with Crippen LogP contribution in [-0.4, -0.2) is 60.7 Å². The van der Waals surface area contributed by atoms with E-state index in [1.165, 1.54) is 6.21 Å². The highest BCUT2D eigenvalue weighted by Gasteiger charge is 2.32. The van der Waals surface area contributed by atoms with Crippen molar-refractivity contribution in [2.45, 2.75) is 26.8 Å². The Morgan fingerprint density at radius 1 is 1.10 bits per heavy atom. The molecule has 1 atom stereocenters. The van der Waals surface area contributed by atoms with Crippen LogP contribution < -0.4 is 30.3 Å². The number of amides is 1. The molecule has 2 aromatic carbocycles. The van der Waals surface area contributed by atoms with Crippen molar-refractivity contribution in [2.24, 2.45) is 5.10 Å². The Morgan fingerprint density at radius 3 is 2.56 bits per heavy atom. The second-order valence-corrected chi connectivity index (χ2v) is 9.62. The molecule has 1 aliphatic rings. The fourth-order valence-corrected chi connectivity index (χ4v) is 4.66. The Morgan fingerprint density at radius 2 is 1.85 bits per heavy atom. The number of nitrogens with zero attached hydrogens (tertiary/aromatic N) is 1. The Hall–Kier alpha value is -4.17. The number of ether oxygens (including phenoxy) is 4. The van der Waals surface area contributed by atoms with Crippen molar-refractivity contribution in [2.75, 3.05) is 26.4 Å². The highest BCUT2D eigenvalue weighted by molar-refractivity contribution is 9.10. The van der Waals surface area contributed by atoms with E-state index in [1.807, 2.05) is 0 Å². The van der Waals surface area contributed by atoms with Gasteiger partial charge in [-0.25, -0.2) is 15.0 Å². The van der Waals surface area contributed by atoms with Crippen LogP contribution in [0.2, 0.25) is 0 Å². The Balaban J connectivity index is 1.70. The van der Waals surface area contributed by atoms with Crippen LogP contribution >= 0.6 is 28.1 Å². The molecule has 14 heteroatoms. The van der Waals surface area contributed by atoms with Gasteiger partial charge in [-0.1, -0.05) is 18.2 Å². The van der Waals surface area contributed by atoms with Crippen LogP contribution in [0, 0.1) is 0 Å². The first-order valence-corrected chi connectivity index (χ1v) is 13.6. The Kier molecular flexibility index (Phi) is 11.5. The summed E-state index contributed by atoms with van der Waals surface area (Å²) in [5.41, 5.74) is 4.44. The van der Waals surface area contributed by atoms with Gasteiger partial charge in [0.1, 0.15) is 5.75 Å². The molecule has 12 nitrogen and oxygen atoms in total. The van der Waals surface area contributed by atoms with Gasteiger partial charge in [0, 0.05) is 11.3 Å². The highest BCUT2D eigenvalue weighted by atomic mass is 79.9. The summed E-state index contributed by atoms with van der Waals surface area (Å²) in [4.78, 5) is 36.1. The van der Waals surface area contributed by atoms with E-state index in [1.54, 1.807) is 57.2 Å². The van der Waals surface area contributed by atoms with Gasteiger partial charge in [0.05, 0.1) is 35.5 Å². The van der Waals surface area contributed by atoms with E-state index in [-0.39, 0.29) is 19.0 Å². The van der Waals surface area contributed by atoms with Gasteiger partial charge in [0.15, 0.2) is 29.8 Å². The van der Waals surface area contributed by atoms with Crippen molar-refractivity contribution in [3.8, 4) is 17.2 Å². The van der Waals surface area contributed by atoms with Crippen LogP contribution in [-0.2, 0) is 19.1 Å². The van der Waals surface area contributed by atoms with E-state index in [0.29, 0.717) is 50.1 Å². The minimum absolute atomic E-state index is 0.207. The maximum absolute atomic E-state index is 12.7. The molecule has 4 N–H and O–H groups in total. The third kappa shape index (κ3) is 8.66. The topological polar surface area (TPSA) is 157 Å². The summed E-state index contributed by atoms with van der Waals surface area (Å²) in [7, 11) is 0. The Labute approximate surface area is 250 Å². The zero-order valence-corrected chi connectivity index (χ0v) is 24.9. The lowest BCUT2D eigenvalue weighted by Gasteiger charge is -2.30. The molecule has 1 aliphatic heterocycles. The quantitative estimate of drug-likeness (QED) is 0.109. The lowest BCUT2D eigenvalue weighted by Crippen LogP contribution is -2.45. The van der Waals surface area contributed by atoms with Crippen molar-refractivity contribution >= 4 is 57.3 Å². The van der Waals surface area contributed by atoms with Crippen LogP contribution in [0.4, 0.5) is 0 Å². The molecule has 2 aromatic rings. The first-order chi connectivity index (χ1) is 19.6. The van der Waals surface area contributed by atoms with Crippen molar-refractivity contribution in [3.05, 3.63) is 63.3 Å². The number of esters is 1. The zero-order valence-electron chi connectivity index (χ0n) is 22.5. The molecule has 0 aliphatic carbocycles. The molecule has 1 amide bonds. The van der Waals surface area contributed by atoms with Gasteiger partial charge in [-0.15, -0.1) is 0 Å². The lowest BCUT2D eigenvalue weighted by atomic mass is 9.95. The van der Waals surface area contributed by atoms with Gasteiger partial charge in [-0.3, -0.25) is 4.79 Å². The fourth-order valence-electron chi connectivity index (χ4n) is 3.81. The van der Waals surface area contributed by atoms with Crippen molar-refractivity contribution in [1.82, 2.24) is 16.1 Å². The summed E-state index contributed by atoms with van der Waals surface area (Å²) in [5.74, 6) is -1.24. The van der Waals surface area contributed by atoms with E-state index < -0.39 is 30.5 Å². The normalized spacial score (nSPS) is 14.6. The van der Waals surface area contributed by atoms with Gasteiger partial charge in [-0.05, 0) is 72.7 Å². The molecule has 0 bridgehead atoms. The lowest BCUT2D eigenvalue weighted by molar-refractivity contribution is -0.140. The molecule has 0 saturated carbocycles. The highest BCUT2D eigenvalue weighted by Crippen LogP contribution is 2.37. The first kappa shape index (κ1) is 31.4. The van der Waals surface area contributed by atoms with Crippen molar-refractivity contribution in [3.63, 3.8) is 0 Å². The maximum atomic E-state index is 12.7. The zero-order chi connectivity index (χ0) is 29.9. The van der Waals surface area contributed by atoms with Crippen molar-refractivity contribution in [1.29, 1.82) is 0 Å². The van der Waals surface area contributed by atoms with Crippen LogP contribution in [0.15, 0.2) is 57.2 Å². The van der Waals surface area contributed by atoms with Crippen LogP contribution in [0.25, 0.3) is 0 Å². The number of carboxylic acid groups (broad SMARTS) is 1. The number of nitrogens with one attached hydrogen (secondary N) is 3. The van der Waals surface area contributed by atoms with Gasteiger partial charge >= 0.3 is 11.9 Å². The minimum atomic E-state index is -1.13. The van der Waals surface area contributed by atoms with Gasteiger partial charge in [-0.2, -0.15) is 5.10 Å². The summed E-state index contributed by atoms with van der Waals surface area (Å²) in [5, 5.41) is 19.2. The number of carbonyl (C=O) groups excluding carboxylic acids is 2. The van der Waals surface area contributed by atoms with Crippen LogP contribution in [0.1, 0.15) is 37.9 Å². The number of aliphatic carboxylic acids is 1. The molecule has 0 unspecified atom stereocenters. The molecule has 1 heterocycles. The number of rotatable bonds is 13. The second kappa shape index (κ2) is 15.0. The van der Waals surface area contributed by atoms with Gasteiger partial charge in [0.2, 0.25) is 0 Å². The Bertz CT molecular complexity index is 1380. The summed E-state index contributed by atoms with van der Waals surface area (Å²) in [6.45, 7) is 4.85. The molecule has 41 heavy (non-hydrogen) atoms. The molecule has 0 fully saturated rings. The number of para-hydroxylation sites is 1. The molecule has 0 spiro atoms. The SMILES string of the molecule is CCOC(=O)C1=C(C)NC(=S)N[C@@H]1c1ccccc1OCC(=O)NN=Cc1cc(Br)c(OCC(=O)O)c(OCC)c1. The van der Waals surface area contributed by atoms with Crippen LogP contribution in [0.5, 0.6) is 17.2 Å². The molecular formula is C27H29BrN4O8S. The molecule has 0 saturated heterocycles. The summed E-state index contributed by atoms with van der Waals surface area (Å²) in [6.07, 6.45) is 1.39. The summed E-state index contributed by atoms with van der Waals surface area (Å²) >= 11 is 8.63. The van der Waals surface area contributed by atoms with E-state index in [0.717, 1.165) is 0 Å². The largest absolute Gasteiger partial charge is 0.490 e. The molecule has 218 valence electrons. The third-order valence-electron chi connectivity index (χ3n) is 5.43. The van der Waals surface area contributed by atoms with Gasteiger partial charge in [0.25, 0.3) is 5.91 Å². The average molecular weight is 650 g/mol. The smallest absolute Gasteiger partial charge is 0.341 e. The standard InChI is InChI=1S/C27H29BrN4O8S/c1-4-37-20-11-16(10-18(28)25(20)40-14-22(34)35)12-29-32-21(33)13-39-19-9-7-6-8-17(19)24-23(26(36)38-5-2)15(3)30-27(41)31-24/h6-12,24H,4-5,13-14H2,1-3H3,(H,32,33)(H,34,35)(H2,30,31,41)/t24-/m1/s1. The number of halogens is 1. The summed E-state index contributed by atoms with van der Waals surface area (Å²) in [6, 6.07) is 9.55. The second-order valence-electron chi connectivity index (χ2n) is 8.36. The number of carboxylic acids is 1. The third-order valence-corrected chi connectivity index (χ3v) is 6.24. The number of allylic oxidation sites excluding steroid dienone is 1. The van der Waals surface area contributed by atoms with Crippen LogP contribution in [0.3, 0.4) is 0 Å². The summed E-state index contributed by atoms with van der Waals surface area (Å²) < 4.78 is 22.3. The van der Waals surface area contributed by atoms with E-state index in [4.69, 9.17) is 36.3 Å². The number of hydrazone groups is 1. The van der Waals surface area contributed by atoms with E-state index in [9.17, 15) is 14.4 Å². The number of hydrogen-bond donors (Lipinski definition) is 4. The average Bonchev–Trinajstić information content (AvgIpc) is 2.91.